The molecule has 0 spiro atoms. The fourth-order valence-electron chi connectivity index (χ4n) is 3.36. The molecule has 1 N–H and O–H groups in total. The standard InChI is InChI=1S/C20H24N2O3/c23-19(12-9-16-4-1-2-5-16)21-13-3-6-17-7-10-18(11-8-17)22-14-15-25-20(22)24/h7-8,10-11,16H,1-2,4-5,9,12-15H2,(H,21,23). The molecule has 25 heavy (non-hydrogen) atoms. The first-order valence-electron chi connectivity index (χ1n) is 9.02. The molecule has 5 heteroatoms. The molecule has 5 nitrogen and oxygen atoms in total. The highest BCUT2D eigenvalue weighted by Crippen LogP contribution is 2.28. The smallest absolute Gasteiger partial charge is 0.414 e. The first kappa shape index (κ1) is 17.3. The van der Waals surface area contributed by atoms with Gasteiger partial charge in [-0.1, -0.05) is 37.5 Å². The van der Waals surface area contributed by atoms with Crippen LogP contribution in [0.4, 0.5) is 10.5 Å². The zero-order valence-corrected chi connectivity index (χ0v) is 14.4. The Morgan fingerprint density at radius 3 is 2.68 bits per heavy atom. The van der Waals surface area contributed by atoms with Gasteiger partial charge in [-0.2, -0.15) is 0 Å². The van der Waals surface area contributed by atoms with E-state index in [2.05, 4.69) is 17.2 Å². The second kappa shape index (κ2) is 8.57. The van der Waals surface area contributed by atoms with Crippen molar-refractivity contribution in [2.75, 3.05) is 24.6 Å². The highest BCUT2D eigenvalue weighted by molar-refractivity contribution is 5.89. The van der Waals surface area contributed by atoms with Crippen LogP contribution in [0.15, 0.2) is 24.3 Å². The van der Waals surface area contributed by atoms with Gasteiger partial charge >= 0.3 is 6.09 Å². The van der Waals surface area contributed by atoms with Crippen LogP contribution in [-0.4, -0.2) is 31.7 Å². The Morgan fingerprint density at radius 2 is 2.00 bits per heavy atom. The molecule has 1 aliphatic carbocycles. The SMILES string of the molecule is O=C(CCC1CCCC1)NCC#Cc1ccc(N2CCOC2=O)cc1. The van der Waals surface area contributed by atoms with Crippen LogP contribution in [0.25, 0.3) is 0 Å². The molecule has 1 saturated carbocycles. The summed E-state index contributed by atoms with van der Waals surface area (Å²) in [5, 5.41) is 2.86. The lowest BCUT2D eigenvalue weighted by atomic mass is 10.0. The van der Waals surface area contributed by atoms with Gasteiger partial charge in [0.1, 0.15) is 6.61 Å². The minimum absolute atomic E-state index is 0.0871. The van der Waals surface area contributed by atoms with E-state index in [0.717, 1.165) is 23.6 Å². The summed E-state index contributed by atoms with van der Waals surface area (Å²) < 4.78 is 4.92. The summed E-state index contributed by atoms with van der Waals surface area (Å²) in [5.41, 5.74) is 1.67. The molecule has 2 amide bonds. The predicted molar refractivity (Wildman–Crippen MR) is 96.2 cm³/mol. The first-order valence-corrected chi connectivity index (χ1v) is 9.02. The molecule has 1 aromatic rings. The Hall–Kier alpha value is -2.48. The van der Waals surface area contributed by atoms with Crippen LogP contribution in [0.1, 0.15) is 44.1 Å². The third-order valence-electron chi connectivity index (χ3n) is 4.80. The molecule has 0 aromatic heterocycles. The summed E-state index contributed by atoms with van der Waals surface area (Å²) in [6.45, 7) is 1.38. The van der Waals surface area contributed by atoms with Crippen molar-refractivity contribution in [1.82, 2.24) is 5.32 Å². The van der Waals surface area contributed by atoms with E-state index in [0.29, 0.717) is 26.1 Å². The van der Waals surface area contributed by atoms with Crippen molar-refractivity contribution in [2.24, 2.45) is 5.92 Å². The highest BCUT2D eigenvalue weighted by Gasteiger charge is 2.23. The van der Waals surface area contributed by atoms with Crippen molar-refractivity contribution in [3.8, 4) is 11.8 Å². The van der Waals surface area contributed by atoms with Crippen molar-refractivity contribution in [3.63, 3.8) is 0 Å². The molecule has 1 saturated heterocycles. The zero-order valence-electron chi connectivity index (χ0n) is 14.4. The van der Waals surface area contributed by atoms with Gasteiger partial charge in [0.25, 0.3) is 0 Å². The van der Waals surface area contributed by atoms with Gasteiger partial charge in [0, 0.05) is 17.7 Å². The maximum absolute atomic E-state index is 11.8. The molecule has 0 unspecified atom stereocenters. The van der Waals surface area contributed by atoms with Crippen molar-refractivity contribution < 1.29 is 14.3 Å². The molecule has 132 valence electrons. The third kappa shape index (κ3) is 4.99. The number of hydrogen-bond acceptors (Lipinski definition) is 3. The van der Waals surface area contributed by atoms with E-state index in [1.165, 1.54) is 25.7 Å². The highest BCUT2D eigenvalue weighted by atomic mass is 16.6. The molecule has 0 radical (unpaired) electrons. The van der Waals surface area contributed by atoms with Gasteiger partial charge in [0.15, 0.2) is 0 Å². The lowest BCUT2D eigenvalue weighted by Gasteiger charge is -2.11. The number of cyclic esters (lactones) is 1. The van der Waals surface area contributed by atoms with Crippen molar-refractivity contribution in [1.29, 1.82) is 0 Å². The van der Waals surface area contributed by atoms with Crippen LogP contribution in [0.2, 0.25) is 0 Å². The number of nitrogens with zero attached hydrogens (tertiary/aromatic N) is 1. The maximum Gasteiger partial charge on any atom is 0.414 e. The minimum Gasteiger partial charge on any atom is -0.447 e. The average molecular weight is 340 g/mol. The van der Waals surface area contributed by atoms with Gasteiger partial charge in [0.2, 0.25) is 5.91 Å². The molecule has 2 aliphatic rings. The van der Waals surface area contributed by atoms with Crippen LogP contribution < -0.4 is 10.2 Å². The third-order valence-corrected chi connectivity index (χ3v) is 4.80. The summed E-state index contributed by atoms with van der Waals surface area (Å²) >= 11 is 0. The van der Waals surface area contributed by atoms with Gasteiger partial charge in [-0.15, -0.1) is 0 Å². The van der Waals surface area contributed by atoms with Crippen LogP contribution in [0.5, 0.6) is 0 Å². The Bertz CT molecular complexity index is 666. The predicted octanol–water partition coefficient (Wildman–Crippen LogP) is 3.08. The second-order valence-electron chi connectivity index (χ2n) is 6.58. The molecule has 1 heterocycles. The Morgan fingerprint density at radius 1 is 1.24 bits per heavy atom. The molecule has 0 atom stereocenters. The van der Waals surface area contributed by atoms with E-state index in [-0.39, 0.29) is 12.0 Å². The van der Waals surface area contributed by atoms with Gasteiger partial charge in [0.05, 0.1) is 13.1 Å². The molecule has 1 aliphatic heterocycles. The Balaban J connectivity index is 1.40. The number of carbonyl (C=O) groups excluding carboxylic acids is 2. The lowest BCUT2D eigenvalue weighted by Crippen LogP contribution is -2.23. The van der Waals surface area contributed by atoms with Gasteiger partial charge < -0.3 is 10.1 Å². The first-order chi connectivity index (χ1) is 12.2. The van der Waals surface area contributed by atoms with E-state index in [1.54, 1.807) is 4.90 Å². The Labute approximate surface area is 148 Å². The monoisotopic (exact) mass is 340 g/mol. The molecule has 2 fully saturated rings. The van der Waals surface area contributed by atoms with Crippen molar-refractivity contribution in [3.05, 3.63) is 29.8 Å². The summed E-state index contributed by atoms with van der Waals surface area (Å²) in [7, 11) is 0. The minimum atomic E-state index is -0.306. The molecule has 1 aromatic carbocycles. The average Bonchev–Trinajstić information content (AvgIpc) is 3.29. The fourth-order valence-corrected chi connectivity index (χ4v) is 3.36. The van der Waals surface area contributed by atoms with Crippen LogP contribution in [0, 0.1) is 17.8 Å². The van der Waals surface area contributed by atoms with Gasteiger partial charge in [-0.05, 0) is 36.6 Å². The fraction of sp³-hybridized carbons (Fsp3) is 0.500. The molecule has 3 rings (SSSR count). The summed E-state index contributed by atoms with van der Waals surface area (Å²) in [6, 6.07) is 7.46. The summed E-state index contributed by atoms with van der Waals surface area (Å²) in [6.07, 6.45) is 6.48. The quantitative estimate of drug-likeness (QED) is 0.838. The molecule has 0 bridgehead atoms. The van der Waals surface area contributed by atoms with E-state index < -0.39 is 0 Å². The summed E-state index contributed by atoms with van der Waals surface area (Å²) in [5.74, 6) is 6.82. The molecular formula is C20H24N2O3. The number of anilines is 1. The maximum atomic E-state index is 11.8. The lowest BCUT2D eigenvalue weighted by molar-refractivity contribution is -0.121. The topological polar surface area (TPSA) is 58.6 Å². The van der Waals surface area contributed by atoms with Crippen LogP contribution in [0.3, 0.4) is 0 Å². The number of nitrogens with one attached hydrogen (secondary N) is 1. The largest absolute Gasteiger partial charge is 0.447 e. The van der Waals surface area contributed by atoms with E-state index in [4.69, 9.17) is 4.74 Å². The van der Waals surface area contributed by atoms with Gasteiger partial charge in [-0.25, -0.2) is 4.79 Å². The van der Waals surface area contributed by atoms with E-state index in [1.807, 2.05) is 24.3 Å². The van der Waals surface area contributed by atoms with Crippen molar-refractivity contribution >= 4 is 17.7 Å². The van der Waals surface area contributed by atoms with Crippen molar-refractivity contribution in [2.45, 2.75) is 38.5 Å². The number of carbonyl (C=O) groups is 2. The van der Waals surface area contributed by atoms with E-state index in [9.17, 15) is 9.59 Å². The second-order valence-corrected chi connectivity index (χ2v) is 6.58. The summed E-state index contributed by atoms with van der Waals surface area (Å²) in [4.78, 5) is 24.9. The van der Waals surface area contributed by atoms with Crippen LogP contribution >= 0.6 is 0 Å². The molecular weight excluding hydrogens is 316 g/mol. The number of rotatable bonds is 5. The van der Waals surface area contributed by atoms with Crippen LogP contribution in [-0.2, 0) is 9.53 Å². The zero-order chi connectivity index (χ0) is 17.5. The van der Waals surface area contributed by atoms with E-state index >= 15 is 0 Å². The normalized spacial score (nSPS) is 17.1. The number of hydrogen-bond donors (Lipinski definition) is 1. The number of amides is 2. The Kier molecular flexibility index (Phi) is 5.95. The van der Waals surface area contributed by atoms with Gasteiger partial charge in [-0.3, -0.25) is 9.69 Å². The number of benzene rings is 1. The number of ether oxygens (including phenoxy) is 1.